The van der Waals surface area contributed by atoms with Crippen molar-refractivity contribution in [3.8, 4) is 5.75 Å². The van der Waals surface area contributed by atoms with Crippen molar-refractivity contribution in [3.63, 3.8) is 0 Å². The quantitative estimate of drug-likeness (QED) is 0.716. The Hall–Kier alpha value is -2.03. The van der Waals surface area contributed by atoms with Crippen LogP contribution in [0.25, 0.3) is 10.8 Å². The summed E-state index contributed by atoms with van der Waals surface area (Å²) in [7, 11) is 2.07. The number of nitrogens with zero attached hydrogens (tertiary/aromatic N) is 2. The topological polar surface area (TPSA) is 24.8 Å². The molecule has 3 nitrogen and oxygen atoms in total. The van der Waals surface area contributed by atoms with Gasteiger partial charge in [0, 0.05) is 19.0 Å². The van der Waals surface area contributed by atoms with Gasteiger partial charge in [0.15, 0.2) is 0 Å². The molecule has 0 bridgehead atoms. The summed E-state index contributed by atoms with van der Waals surface area (Å²) in [5.74, 6) is 0.866. The summed E-state index contributed by atoms with van der Waals surface area (Å²) in [5.41, 5.74) is 0.750. The van der Waals surface area contributed by atoms with Crippen LogP contribution in [0.3, 0.4) is 0 Å². The predicted octanol–water partition coefficient (Wildman–Crippen LogP) is 4.38. The Morgan fingerprint density at radius 3 is 2.81 bits per heavy atom. The predicted molar refractivity (Wildman–Crippen MR) is 88.7 cm³/mol. The lowest BCUT2D eigenvalue weighted by Gasteiger charge is -2.29. The molecule has 0 unspecified atom stereocenters. The van der Waals surface area contributed by atoms with Crippen molar-refractivity contribution in [1.29, 1.82) is 0 Å². The average Bonchev–Trinajstić information content (AvgIpc) is 2.45. The highest BCUT2D eigenvalue weighted by Gasteiger charge is 2.22. The highest BCUT2D eigenvalue weighted by atomic mass is 16.5. The van der Waals surface area contributed by atoms with Crippen molar-refractivity contribution in [2.45, 2.75) is 32.3 Å². The number of benzene rings is 2. The Balaban J connectivity index is 2.17. The van der Waals surface area contributed by atoms with E-state index in [2.05, 4.69) is 50.1 Å². The van der Waals surface area contributed by atoms with E-state index in [0.717, 1.165) is 36.2 Å². The van der Waals surface area contributed by atoms with Crippen LogP contribution in [0.1, 0.15) is 26.7 Å². The molecule has 0 aromatic heterocycles. The minimum absolute atomic E-state index is 0.176. The maximum absolute atomic E-state index is 6.27. The van der Waals surface area contributed by atoms with E-state index in [1.165, 1.54) is 5.39 Å². The SMILES string of the molecule is CN1C=Nc2c(ccc3ccccc23)OC(C)(C)CCC1. The summed E-state index contributed by atoms with van der Waals surface area (Å²) in [4.78, 5) is 6.84. The summed E-state index contributed by atoms with van der Waals surface area (Å²) >= 11 is 0. The van der Waals surface area contributed by atoms with Gasteiger partial charge in [-0.1, -0.05) is 30.3 Å². The average molecular weight is 282 g/mol. The van der Waals surface area contributed by atoms with Crippen molar-refractivity contribution in [1.82, 2.24) is 4.90 Å². The molecule has 0 amide bonds. The summed E-state index contributed by atoms with van der Waals surface area (Å²) in [5, 5.41) is 2.32. The first-order valence-electron chi connectivity index (χ1n) is 7.50. The molecule has 0 N–H and O–H groups in total. The van der Waals surface area contributed by atoms with Crippen LogP contribution in [0, 0.1) is 0 Å². The molecule has 3 rings (SSSR count). The molecule has 1 aliphatic heterocycles. The van der Waals surface area contributed by atoms with Gasteiger partial charge in [0.05, 0.1) is 6.34 Å². The van der Waals surface area contributed by atoms with Gasteiger partial charge in [-0.15, -0.1) is 0 Å². The van der Waals surface area contributed by atoms with E-state index >= 15 is 0 Å². The minimum Gasteiger partial charge on any atom is -0.486 e. The fourth-order valence-corrected chi connectivity index (χ4v) is 2.77. The Bertz CT molecular complexity index is 676. The first kappa shape index (κ1) is 13.9. The second kappa shape index (κ2) is 5.40. The molecule has 1 heterocycles. The lowest BCUT2D eigenvalue weighted by molar-refractivity contribution is 0.0959. The molecule has 0 atom stereocenters. The Labute approximate surface area is 126 Å². The molecular weight excluding hydrogens is 260 g/mol. The van der Waals surface area contributed by atoms with Crippen molar-refractivity contribution < 1.29 is 4.74 Å². The lowest BCUT2D eigenvalue weighted by atomic mass is 10.0. The second-order valence-electron chi connectivity index (χ2n) is 6.32. The smallest absolute Gasteiger partial charge is 0.146 e. The lowest BCUT2D eigenvalue weighted by Crippen LogP contribution is -2.30. The molecule has 0 radical (unpaired) electrons. The number of hydrogen-bond acceptors (Lipinski definition) is 3. The summed E-state index contributed by atoms with van der Waals surface area (Å²) in [6.07, 6.45) is 4.03. The van der Waals surface area contributed by atoms with E-state index in [0.29, 0.717) is 0 Å². The highest BCUT2D eigenvalue weighted by Crippen LogP contribution is 2.38. The van der Waals surface area contributed by atoms with Gasteiger partial charge in [-0.25, -0.2) is 4.99 Å². The zero-order valence-electron chi connectivity index (χ0n) is 13.0. The van der Waals surface area contributed by atoms with Crippen LogP contribution >= 0.6 is 0 Å². The Kier molecular flexibility index (Phi) is 3.58. The molecule has 1 aliphatic rings. The van der Waals surface area contributed by atoms with Crippen LogP contribution in [0.4, 0.5) is 5.69 Å². The van der Waals surface area contributed by atoms with Gasteiger partial charge in [0.2, 0.25) is 0 Å². The van der Waals surface area contributed by atoms with E-state index in [9.17, 15) is 0 Å². The van der Waals surface area contributed by atoms with Gasteiger partial charge in [0.1, 0.15) is 17.0 Å². The first-order chi connectivity index (χ1) is 10.1. The summed E-state index contributed by atoms with van der Waals surface area (Å²) in [6, 6.07) is 12.5. The summed E-state index contributed by atoms with van der Waals surface area (Å²) in [6.45, 7) is 5.30. The van der Waals surface area contributed by atoms with Crippen LogP contribution < -0.4 is 4.74 Å². The number of aliphatic imine (C=N–C) groups is 1. The maximum atomic E-state index is 6.27. The number of ether oxygens (including phenoxy) is 1. The van der Waals surface area contributed by atoms with E-state index in [4.69, 9.17) is 9.73 Å². The molecule has 110 valence electrons. The van der Waals surface area contributed by atoms with Gasteiger partial charge in [-0.3, -0.25) is 0 Å². The van der Waals surface area contributed by atoms with E-state index < -0.39 is 0 Å². The zero-order valence-corrected chi connectivity index (χ0v) is 13.0. The fraction of sp³-hybridized carbons (Fsp3) is 0.389. The van der Waals surface area contributed by atoms with Gasteiger partial charge in [0.25, 0.3) is 0 Å². The Morgan fingerprint density at radius 2 is 1.95 bits per heavy atom. The third-order valence-corrected chi connectivity index (χ3v) is 3.92. The van der Waals surface area contributed by atoms with E-state index in [1.807, 2.05) is 18.5 Å². The monoisotopic (exact) mass is 282 g/mol. The van der Waals surface area contributed by atoms with Crippen LogP contribution in [0.15, 0.2) is 41.4 Å². The number of fused-ring (bicyclic) bond motifs is 3. The molecule has 0 saturated heterocycles. The molecule has 0 saturated carbocycles. The molecule has 21 heavy (non-hydrogen) atoms. The normalized spacial score (nSPS) is 18.1. The van der Waals surface area contributed by atoms with Gasteiger partial charge >= 0.3 is 0 Å². The minimum atomic E-state index is -0.176. The highest BCUT2D eigenvalue weighted by molar-refractivity contribution is 5.96. The largest absolute Gasteiger partial charge is 0.486 e. The molecule has 2 aromatic carbocycles. The third kappa shape index (κ3) is 3.02. The number of hydrogen-bond donors (Lipinski definition) is 0. The van der Waals surface area contributed by atoms with Gasteiger partial charge in [-0.2, -0.15) is 0 Å². The standard InChI is InChI=1S/C18H22N2O/c1-18(2)11-6-12-20(3)13-19-17-15-8-5-4-7-14(15)9-10-16(17)21-18/h4-5,7-10,13H,6,11-12H2,1-3H3. The molecule has 0 fully saturated rings. The third-order valence-electron chi connectivity index (χ3n) is 3.92. The van der Waals surface area contributed by atoms with Gasteiger partial charge < -0.3 is 9.64 Å². The van der Waals surface area contributed by atoms with Crippen LogP contribution in [0.2, 0.25) is 0 Å². The second-order valence-corrected chi connectivity index (χ2v) is 6.32. The fourth-order valence-electron chi connectivity index (χ4n) is 2.77. The molecule has 0 aliphatic carbocycles. The molecular formula is C18H22N2O. The van der Waals surface area contributed by atoms with Crippen LogP contribution in [0.5, 0.6) is 5.75 Å². The van der Waals surface area contributed by atoms with E-state index in [-0.39, 0.29) is 5.60 Å². The van der Waals surface area contributed by atoms with Crippen molar-refractivity contribution >= 4 is 22.8 Å². The zero-order chi connectivity index (χ0) is 14.9. The van der Waals surface area contributed by atoms with Crippen molar-refractivity contribution in [2.75, 3.05) is 13.6 Å². The molecule has 2 aromatic rings. The van der Waals surface area contributed by atoms with Crippen molar-refractivity contribution in [2.24, 2.45) is 4.99 Å². The van der Waals surface area contributed by atoms with Gasteiger partial charge in [-0.05, 0) is 38.1 Å². The summed E-state index contributed by atoms with van der Waals surface area (Å²) < 4.78 is 6.27. The van der Waals surface area contributed by atoms with Crippen LogP contribution in [-0.4, -0.2) is 30.4 Å². The molecule has 0 spiro atoms. The Morgan fingerprint density at radius 1 is 1.14 bits per heavy atom. The molecule has 3 heteroatoms. The number of rotatable bonds is 0. The first-order valence-corrected chi connectivity index (χ1v) is 7.50. The van der Waals surface area contributed by atoms with Crippen LogP contribution in [-0.2, 0) is 0 Å². The van der Waals surface area contributed by atoms with E-state index in [1.54, 1.807) is 0 Å². The van der Waals surface area contributed by atoms with Crippen molar-refractivity contribution in [3.05, 3.63) is 36.4 Å². The maximum Gasteiger partial charge on any atom is 0.146 e.